The van der Waals surface area contributed by atoms with Crippen LogP contribution in [-0.4, -0.2) is 40.6 Å². The number of halogens is 1. The van der Waals surface area contributed by atoms with Crippen LogP contribution in [0.5, 0.6) is 5.88 Å². The van der Waals surface area contributed by atoms with Gasteiger partial charge in [0.25, 0.3) is 0 Å². The SMILES string of the molecule is Cc1cccc(OCC2(CNCc3ccc(F)cc3)C[C@@H](O)[C@@H](O)C2)n1. The van der Waals surface area contributed by atoms with Crippen molar-refractivity contribution >= 4 is 0 Å². The highest BCUT2D eigenvalue weighted by Crippen LogP contribution is 2.38. The third-order valence-corrected chi connectivity index (χ3v) is 4.86. The van der Waals surface area contributed by atoms with Gasteiger partial charge in [-0.3, -0.25) is 0 Å². The lowest BCUT2D eigenvalue weighted by atomic mass is 9.86. The highest BCUT2D eigenvalue weighted by Gasteiger charge is 2.44. The molecule has 1 saturated carbocycles. The molecule has 1 aromatic carbocycles. The molecule has 2 aromatic rings. The van der Waals surface area contributed by atoms with E-state index in [-0.39, 0.29) is 11.2 Å². The molecule has 3 N–H and O–H groups in total. The van der Waals surface area contributed by atoms with E-state index in [9.17, 15) is 14.6 Å². The number of rotatable bonds is 7. The molecule has 6 heteroatoms. The maximum Gasteiger partial charge on any atom is 0.213 e. The maximum atomic E-state index is 13.0. The number of aliphatic hydroxyl groups is 2. The van der Waals surface area contributed by atoms with Crippen LogP contribution in [0.4, 0.5) is 4.39 Å². The Kier molecular flexibility index (Phi) is 5.86. The predicted octanol–water partition coefficient (Wildman–Crippen LogP) is 2.20. The molecule has 1 heterocycles. The summed E-state index contributed by atoms with van der Waals surface area (Å²) in [6.45, 7) is 3.41. The molecule has 0 amide bonds. The molecule has 0 aliphatic heterocycles. The lowest BCUT2D eigenvalue weighted by Crippen LogP contribution is -2.38. The lowest BCUT2D eigenvalue weighted by molar-refractivity contribution is 0.0438. The molecule has 0 bridgehead atoms. The number of nitrogens with zero attached hydrogens (tertiary/aromatic N) is 1. The smallest absolute Gasteiger partial charge is 0.213 e. The number of benzene rings is 1. The molecule has 26 heavy (non-hydrogen) atoms. The van der Waals surface area contributed by atoms with E-state index >= 15 is 0 Å². The van der Waals surface area contributed by atoms with Crippen LogP contribution < -0.4 is 10.1 Å². The van der Waals surface area contributed by atoms with Gasteiger partial charge < -0.3 is 20.3 Å². The van der Waals surface area contributed by atoms with Gasteiger partial charge in [0.05, 0.1) is 18.8 Å². The van der Waals surface area contributed by atoms with E-state index in [1.165, 1.54) is 12.1 Å². The van der Waals surface area contributed by atoms with Crippen LogP contribution in [0.2, 0.25) is 0 Å². The number of hydrogen-bond donors (Lipinski definition) is 3. The number of nitrogens with one attached hydrogen (secondary N) is 1. The summed E-state index contributed by atoms with van der Waals surface area (Å²) < 4.78 is 18.9. The minimum atomic E-state index is -0.753. The molecule has 1 aliphatic rings. The third kappa shape index (κ3) is 4.78. The van der Waals surface area contributed by atoms with Gasteiger partial charge in [-0.1, -0.05) is 18.2 Å². The van der Waals surface area contributed by atoms with Crippen LogP contribution >= 0.6 is 0 Å². The van der Waals surface area contributed by atoms with E-state index in [1.807, 2.05) is 19.1 Å². The van der Waals surface area contributed by atoms with E-state index < -0.39 is 12.2 Å². The molecule has 0 spiro atoms. The third-order valence-electron chi connectivity index (χ3n) is 4.86. The van der Waals surface area contributed by atoms with Crippen LogP contribution in [0.15, 0.2) is 42.5 Å². The van der Waals surface area contributed by atoms with Gasteiger partial charge in [0, 0.05) is 30.3 Å². The number of aromatic nitrogens is 1. The van der Waals surface area contributed by atoms with E-state index in [2.05, 4.69) is 10.3 Å². The Hall–Kier alpha value is -2.02. The van der Waals surface area contributed by atoms with Crippen LogP contribution in [0.3, 0.4) is 0 Å². The van der Waals surface area contributed by atoms with Crippen molar-refractivity contribution in [3.05, 3.63) is 59.5 Å². The second-order valence-electron chi connectivity index (χ2n) is 7.18. The van der Waals surface area contributed by atoms with Crippen molar-refractivity contribution < 1.29 is 19.3 Å². The quantitative estimate of drug-likeness (QED) is 0.706. The first-order chi connectivity index (χ1) is 12.5. The molecule has 5 nitrogen and oxygen atoms in total. The Balaban J connectivity index is 1.61. The topological polar surface area (TPSA) is 74.6 Å². The Labute approximate surface area is 152 Å². The normalized spacial score (nSPS) is 25.4. The highest BCUT2D eigenvalue weighted by molar-refractivity contribution is 5.16. The standard InChI is InChI=1S/C20H25FN2O3/c1-14-3-2-4-19(23-14)26-13-20(9-17(24)18(25)10-20)12-22-11-15-5-7-16(21)8-6-15/h2-8,17-18,22,24-25H,9-13H2,1H3/t17-,18+,20?. The average Bonchev–Trinajstić information content (AvgIpc) is 2.90. The molecule has 3 rings (SSSR count). The number of ether oxygens (including phenoxy) is 1. The Morgan fingerprint density at radius 3 is 2.50 bits per heavy atom. The zero-order chi connectivity index (χ0) is 18.6. The fourth-order valence-corrected chi connectivity index (χ4v) is 3.46. The highest BCUT2D eigenvalue weighted by atomic mass is 19.1. The summed E-state index contributed by atoms with van der Waals surface area (Å²) in [5.41, 5.74) is 1.46. The maximum absolute atomic E-state index is 13.0. The van der Waals surface area contributed by atoms with Crippen LogP contribution in [-0.2, 0) is 6.54 Å². The summed E-state index contributed by atoms with van der Waals surface area (Å²) in [5, 5.41) is 23.4. The number of hydrogen-bond acceptors (Lipinski definition) is 5. The molecule has 3 atom stereocenters. The summed E-state index contributed by atoms with van der Waals surface area (Å²) in [5.74, 6) is 0.283. The summed E-state index contributed by atoms with van der Waals surface area (Å²) in [7, 11) is 0. The number of aliphatic hydroxyl groups excluding tert-OH is 2. The summed E-state index contributed by atoms with van der Waals surface area (Å²) in [4.78, 5) is 4.34. The first-order valence-electron chi connectivity index (χ1n) is 8.84. The van der Waals surface area contributed by atoms with Crippen molar-refractivity contribution in [2.75, 3.05) is 13.2 Å². The van der Waals surface area contributed by atoms with Gasteiger partial charge in [0.2, 0.25) is 5.88 Å². The summed E-state index contributed by atoms with van der Waals surface area (Å²) in [6.07, 6.45) is -0.597. The Bertz CT molecular complexity index is 713. The fourth-order valence-electron chi connectivity index (χ4n) is 3.46. The van der Waals surface area contributed by atoms with Gasteiger partial charge in [-0.25, -0.2) is 9.37 Å². The second-order valence-corrected chi connectivity index (χ2v) is 7.18. The van der Waals surface area contributed by atoms with E-state index in [4.69, 9.17) is 4.74 Å². The van der Waals surface area contributed by atoms with Gasteiger partial charge in [-0.15, -0.1) is 0 Å². The minimum absolute atomic E-state index is 0.258. The van der Waals surface area contributed by atoms with E-state index in [0.29, 0.717) is 38.4 Å². The van der Waals surface area contributed by atoms with Gasteiger partial charge in [-0.2, -0.15) is 0 Å². The zero-order valence-electron chi connectivity index (χ0n) is 14.9. The molecule has 0 radical (unpaired) electrons. The molecular formula is C20H25FN2O3. The lowest BCUT2D eigenvalue weighted by Gasteiger charge is -2.29. The van der Waals surface area contributed by atoms with Crippen molar-refractivity contribution in [2.45, 2.75) is 38.5 Å². The average molecular weight is 360 g/mol. The molecule has 0 saturated heterocycles. The summed E-state index contributed by atoms with van der Waals surface area (Å²) >= 11 is 0. The molecule has 140 valence electrons. The number of pyridine rings is 1. The Morgan fingerprint density at radius 2 is 1.85 bits per heavy atom. The molecular weight excluding hydrogens is 335 g/mol. The fraction of sp³-hybridized carbons (Fsp3) is 0.450. The number of aryl methyl sites for hydroxylation is 1. The molecule has 1 unspecified atom stereocenters. The summed E-state index contributed by atoms with van der Waals surface area (Å²) in [6, 6.07) is 11.9. The van der Waals surface area contributed by atoms with Crippen molar-refractivity contribution in [3.63, 3.8) is 0 Å². The van der Waals surface area contributed by atoms with Crippen LogP contribution in [0, 0.1) is 18.2 Å². The monoisotopic (exact) mass is 360 g/mol. The van der Waals surface area contributed by atoms with Crippen molar-refractivity contribution in [1.82, 2.24) is 10.3 Å². The van der Waals surface area contributed by atoms with Gasteiger partial charge in [0.15, 0.2) is 0 Å². The van der Waals surface area contributed by atoms with Crippen LogP contribution in [0.1, 0.15) is 24.1 Å². The van der Waals surface area contributed by atoms with Gasteiger partial charge in [0.1, 0.15) is 5.82 Å². The minimum Gasteiger partial charge on any atom is -0.477 e. The molecule has 1 fully saturated rings. The first-order valence-corrected chi connectivity index (χ1v) is 8.84. The van der Waals surface area contributed by atoms with Crippen molar-refractivity contribution in [2.24, 2.45) is 5.41 Å². The zero-order valence-corrected chi connectivity index (χ0v) is 14.9. The molecule has 1 aliphatic carbocycles. The first kappa shape index (κ1) is 18.8. The van der Waals surface area contributed by atoms with Gasteiger partial charge in [-0.05, 0) is 43.5 Å². The molecule has 1 aromatic heterocycles. The van der Waals surface area contributed by atoms with Crippen molar-refractivity contribution in [1.29, 1.82) is 0 Å². The van der Waals surface area contributed by atoms with E-state index in [1.54, 1.807) is 18.2 Å². The largest absolute Gasteiger partial charge is 0.477 e. The van der Waals surface area contributed by atoms with Crippen molar-refractivity contribution in [3.8, 4) is 5.88 Å². The second kappa shape index (κ2) is 8.12. The Morgan fingerprint density at radius 1 is 1.15 bits per heavy atom. The predicted molar refractivity (Wildman–Crippen MR) is 96.3 cm³/mol. The van der Waals surface area contributed by atoms with Gasteiger partial charge >= 0.3 is 0 Å². The van der Waals surface area contributed by atoms with Crippen LogP contribution in [0.25, 0.3) is 0 Å². The van der Waals surface area contributed by atoms with E-state index in [0.717, 1.165) is 11.3 Å².